The number of hydrogen-bond acceptors (Lipinski definition) is 8. The zero-order valence-corrected chi connectivity index (χ0v) is 33.2. The van der Waals surface area contributed by atoms with E-state index in [2.05, 4.69) is 62.5 Å². The summed E-state index contributed by atoms with van der Waals surface area (Å²) in [6, 6.07) is 0. The first-order chi connectivity index (χ1) is 24.8. The van der Waals surface area contributed by atoms with E-state index in [1.807, 2.05) is 0 Å². The summed E-state index contributed by atoms with van der Waals surface area (Å²) >= 11 is 0. The number of rotatable bonds is 37. The Morgan fingerprint density at radius 2 is 1.02 bits per heavy atom. The lowest BCUT2D eigenvalue weighted by Gasteiger charge is -2.19. The first kappa shape index (κ1) is 49.0. The van der Waals surface area contributed by atoms with E-state index in [0.29, 0.717) is 12.8 Å². The molecule has 1 unspecified atom stereocenters. The van der Waals surface area contributed by atoms with Crippen LogP contribution in [-0.4, -0.2) is 49.3 Å². The highest BCUT2D eigenvalue weighted by atomic mass is 31.2. The zero-order valence-electron chi connectivity index (χ0n) is 32.3. The van der Waals surface area contributed by atoms with Crippen LogP contribution in [0.2, 0.25) is 0 Å². The van der Waals surface area contributed by atoms with Crippen molar-refractivity contribution >= 4 is 19.8 Å². The Bertz CT molecular complexity index is 981. The van der Waals surface area contributed by atoms with Gasteiger partial charge in [-0.15, -0.1) is 0 Å². The molecule has 296 valence electrons. The van der Waals surface area contributed by atoms with Gasteiger partial charge in [0.15, 0.2) is 6.10 Å². The number of phosphoric acid groups is 1. The third kappa shape index (κ3) is 37.5. The van der Waals surface area contributed by atoms with Crippen LogP contribution >= 0.6 is 7.82 Å². The Hall–Kier alpha value is -2.03. The van der Waals surface area contributed by atoms with Crippen molar-refractivity contribution in [2.45, 2.75) is 174 Å². The van der Waals surface area contributed by atoms with E-state index >= 15 is 0 Å². The van der Waals surface area contributed by atoms with Gasteiger partial charge in [-0.3, -0.25) is 18.6 Å². The third-order valence-electron chi connectivity index (χ3n) is 8.19. The molecule has 0 saturated heterocycles. The average Bonchev–Trinajstić information content (AvgIpc) is 3.11. The van der Waals surface area contributed by atoms with Crippen LogP contribution in [0.1, 0.15) is 168 Å². The molecule has 51 heavy (non-hydrogen) atoms. The number of ether oxygens (including phenoxy) is 2. The molecule has 0 aliphatic heterocycles. The van der Waals surface area contributed by atoms with Crippen molar-refractivity contribution in [3.63, 3.8) is 0 Å². The van der Waals surface area contributed by atoms with Crippen LogP contribution in [0.25, 0.3) is 0 Å². The van der Waals surface area contributed by atoms with Gasteiger partial charge in [-0.05, 0) is 77.0 Å². The van der Waals surface area contributed by atoms with Gasteiger partial charge in [0.25, 0.3) is 0 Å². The molecule has 0 heterocycles. The minimum Gasteiger partial charge on any atom is -0.462 e. The molecule has 0 spiro atoms. The van der Waals surface area contributed by atoms with E-state index in [0.717, 1.165) is 51.4 Å². The van der Waals surface area contributed by atoms with Crippen molar-refractivity contribution in [3.8, 4) is 0 Å². The molecule has 9 nitrogen and oxygen atoms in total. The summed E-state index contributed by atoms with van der Waals surface area (Å²) in [7, 11) is -4.39. The van der Waals surface area contributed by atoms with Crippen LogP contribution in [0.5, 0.6) is 0 Å². The van der Waals surface area contributed by atoms with Gasteiger partial charge in [0.2, 0.25) is 0 Å². The lowest BCUT2D eigenvalue weighted by atomic mass is 10.1. The molecule has 0 bridgehead atoms. The highest BCUT2D eigenvalue weighted by Gasteiger charge is 2.25. The van der Waals surface area contributed by atoms with Crippen molar-refractivity contribution in [3.05, 3.63) is 48.6 Å². The minimum absolute atomic E-state index is 0.0434. The molecule has 0 fully saturated rings. The van der Waals surface area contributed by atoms with Gasteiger partial charge in [-0.1, -0.05) is 127 Å². The van der Waals surface area contributed by atoms with E-state index in [-0.39, 0.29) is 32.6 Å². The Kier molecular flexibility index (Phi) is 36.2. The van der Waals surface area contributed by atoms with Crippen LogP contribution < -0.4 is 5.73 Å². The summed E-state index contributed by atoms with van der Waals surface area (Å²) in [4.78, 5) is 34.7. The molecule has 0 aliphatic carbocycles. The summed E-state index contributed by atoms with van der Waals surface area (Å²) < 4.78 is 32.6. The number of nitrogens with two attached hydrogens (primary N) is 1. The highest BCUT2D eigenvalue weighted by Crippen LogP contribution is 2.43. The van der Waals surface area contributed by atoms with Gasteiger partial charge < -0.3 is 20.1 Å². The van der Waals surface area contributed by atoms with Gasteiger partial charge in [0.1, 0.15) is 6.61 Å². The normalized spacial score (nSPS) is 13.9. The second-order valence-corrected chi connectivity index (χ2v) is 14.6. The molecule has 0 aliphatic rings. The van der Waals surface area contributed by atoms with Crippen LogP contribution in [0.3, 0.4) is 0 Å². The largest absolute Gasteiger partial charge is 0.472 e. The second kappa shape index (κ2) is 37.7. The van der Waals surface area contributed by atoms with Crippen molar-refractivity contribution in [2.75, 3.05) is 26.4 Å². The van der Waals surface area contributed by atoms with Crippen molar-refractivity contribution in [2.24, 2.45) is 5.73 Å². The fourth-order valence-electron chi connectivity index (χ4n) is 5.16. The predicted molar refractivity (Wildman–Crippen MR) is 210 cm³/mol. The molecule has 0 aromatic heterocycles. The van der Waals surface area contributed by atoms with E-state index in [4.69, 9.17) is 24.3 Å². The van der Waals surface area contributed by atoms with Crippen molar-refractivity contribution in [1.29, 1.82) is 0 Å². The fourth-order valence-corrected chi connectivity index (χ4v) is 5.93. The second-order valence-electron chi connectivity index (χ2n) is 13.1. The Balaban J connectivity index is 4.30. The van der Waals surface area contributed by atoms with Crippen molar-refractivity contribution in [1.82, 2.24) is 0 Å². The number of allylic oxidation sites excluding steroid dienone is 8. The number of phosphoric ester groups is 1. The first-order valence-corrected chi connectivity index (χ1v) is 21.6. The van der Waals surface area contributed by atoms with Crippen LogP contribution in [0, 0.1) is 0 Å². The molecule has 10 heteroatoms. The Labute approximate surface area is 311 Å². The molecule has 3 N–H and O–H groups in total. The molecule has 2 atom stereocenters. The third-order valence-corrected chi connectivity index (χ3v) is 9.17. The van der Waals surface area contributed by atoms with E-state index in [9.17, 15) is 19.0 Å². The standard InChI is InChI=1S/C41H74NO8P/c1-3-5-7-9-11-13-15-17-19-21-23-25-27-29-31-33-40(43)47-37-39(38-49-51(45,46)48-36-35-42)50-41(44)34-32-30-28-26-24-22-20-18-16-14-12-10-8-6-4-2/h12,14,18,20,23-26,39H,3-11,13,15-17,19,21-22,27-38,42H2,1-2H3,(H,45,46)/b14-12+,20-18+,25-23+,26-24+/t39-/m1/s1. The molecule has 0 amide bonds. The monoisotopic (exact) mass is 740 g/mol. The van der Waals surface area contributed by atoms with Gasteiger partial charge in [-0.25, -0.2) is 4.57 Å². The number of carbonyl (C=O) groups excluding carboxylic acids is 2. The van der Waals surface area contributed by atoms with E-state index < -0.39 is 32.5 Å². The van der Waals surface area contributed by atoms with Crippen LogP contribution in [0.4, 0.5) is 0 Å². The lowest BCUT2D eigenvalue weighted by Crippen LogP contribution is -2.29. The summed E-state index contributed by atoms with van der Waals surface area (Å²) in [5.41, 5.74) is 5.33. The maximum Gasteiger partial charge on any atom is 0.472 e. The molecule has 0 saturated carbocycles. The smallest absolute Gasteiger partial charge is 0.462 e. The van der Waals surface area contributed by atoms with E-state index in [1.165, 1.54) is 77.0 Å². The van der Waals surface area contributed by atoms with E-state index in [1.54, 1.807) is 0 Å². The molecule has 0 aromatic rings. The molecule has 0 rings (SSSR count). The topological polar surface area (TPSA) is 134 Å². The molecule has 0 radical (unpaired) electrons. The Morgan fingerprint density at radius 1 is 0.588 bits per heavy atom. The summed E-state index contributed by atoms with van der Waals surface area (Å²) in [5.74, 6) is -0.902. The number of esters is 2. The quantitative estimate of drug-likeness (QED) is 0.0276. The van der Waals surface area contributed by atoms with Crippen molar-refractivity contribution < 1.29 is 37.6 Å². The number of carbonyl (C=O) groups is 2. The average molecular weight is 740 g/mol. The maximum absolute atomic E-state index is 12.5. The lowest BCUT2D eigenvalue weighted by molar-refractivity contribution is -0.161. The number of hydrogen-bond donors (Lipinski definition) is 2. The summed E-state index contributed by atoms with van der Waals surface area (Å²) in [6.45, 7) is 3.62. The first-order valence-electron chi connectivity index (χ1n) is 20.1. The van der Waals surface area contributed by atoms with Crippen LogP contribution in [0.15, 0.2) is 48.6 Å². The minimum atomic E-state index is -4.39. The van der Waals surface area contributed by atoms with Gasteiger partial charge in [0.05, 0.1) is 13.2 Å². The summed E-state index contributed by atoms with van der Waals surface area (Å²) in [5, 5.41) is 0. The van der Waals surface area contributed by atoms with Gasteiger partial charge in [-0.2, -0.15) is 0 Å². The SMILES string of the molecule is CCCCC/C=C/C/C=C/C/C=C/CCCCC(=O)O[C@H](COC(=O)CCCC/C=C/CCCCCCCCCCC)COP(=O)(O)OCCN. The molecular formula is C41H74NO8P. The Morgan fingerprint density at radius 3 is 1.57 bits per heavy atom. The van der Waals surface area contributed by atoms with Gasteiger partial charge >= 0.3 is 19.8 Å². The maximum atomic E-state index is 12.5. The fraction of sp³-hybridized carbons (Fsp3) is 0.756. The summed E-state index contributed by atoms with van der Waals surface area (Å²) in [6.07, 6.45) is 41.5. The molecule has 0 aromatic carbocycles. The molecular weight excluding hydrogens is 665 g/mol. The number of unbranched alkanes of at least 4 members (excludes halogenated alkanes) is 16. The van der Waals surface area contributed by atoms with Gasteiger partial charge in [0, 0.05) is 19.4 Å². The predicted octanol–water partition coefficient (Wildman–Crippen LogP) is 11.2. The van der Waals surface area contributed by atoms with Crippen LogP contribution in [-0.2, 0) is 32.7 Å². The highest BCUT2D eigenvalue weighted by molar-refractivity contribution is 7.47. The zero-order chi connectivity index (χ0) is 37.5.